The Labute approximate surface area is 151 Å². The lowest BCUT2D eigenvalue weighted by molar-refractivity contribution is 0.0997. The predicted molar refractivity (Wildman–Crippen MR) is 96.1 cm³/mol. The third-order valence-electron chi connectivity index (χ3n) is 3.79. The third kappa shape index (κ3) is 3.48. The van der Waals surface area contributed by atoms with Crippen molar-refractivity contribution in [3.05, 3.63) is 74.2 Å². The Bertz CT molecular complexity index is 971. The minimum Gasteiger partial charge on any atom is -0.365 e. The maximum absolute atomic E-state index is 12.4. The van der Waals surface area contributed by atoms with E-state index >= 15 is 0 Å². The lowest BCUT2D eigenvalue weighted by Gasteiger charge is -2.15. The number of hydrogen-bond acceptors (Lipinski definition) is 5. The Hall–Kier alpha value is -2.87. The van der Waals surface area contributed by atoms with E-state index in [1.165, 1.54) is 6.20 Å². The maximum Gasteiger partial charge on any atom is 0.264 e. The summed E-state index contributed by atoms with van der Waals surface area (Å²) < 4.78 is 0.928. The molecule has 2 aromatic heterocycles. The minimum absolute atomic E-state index is 0.150. The van der Waals surface area contributed by atoms with Gasteiger partial charge in [0.1, 0.15) is 11.3 Å². The number of carbonyl (C=O) groups is 1. The van der Waals surface area contributed by atoms with E-state index in [1.54, 1.807) is 12.1 Å². The normalized spacial score (nSPS) is 11.9. The molecule has 0 radical (unpaired) electrons. The molecule has 0 saturated carbocycles. The third-order valence-corrected chi connectivity index (χ3v) is 4.32. The Morgan fingerprint density at radius 3 is 2.56 bits per heavy atom. The van der Waals surface area contributed by atoms with Crippen LogP contribution in [-0.4, -0.2) is 26.1 Å². The Morgan fingerprint density at radius 2 is 1.96 bits per heavy atom. The fraction of sp³-hybridized carbons (Fsp3) is 0.118. The summed E-state index contributed by atoms with van der Waals surface area (Å²) in [6, 6.07) is 10.9. The highest BCUT2D eigenvalue weighted by Crippen LogP contribution is 2.26. The van der Waals surface area contributed by atoms with E-state index in [0.717, 1.165) is 10.0 Å². The molecule has 0 unspecified atom stereocenters. The molecule has 7 nitrogen and oxygen atoms in total. The summed E-state index contributed by atoms with van der Waals surface area (Å²) in [5.41, 5.74) is 6.27. The number of nitrogens with two attached hydrogens (primary N) is 1. The van der Waals surface area contributed by atoms with Crippen LogP contribution in [-0.2, 0) is 0 Å². The summed E-state index contributed by atoms with van der Waals surface area (Å²) in [5, 5.41) is 7.73. The molecule has 1 aromatic carbocycles. The average molecular weight is 400 g/mol. The fourth-order valence-electron chi connectivity index (χ4n) is 2.50. The molecule has 0 spiro atoms. The molecule has 0 bridgehead atoms. The predicted octanol–water partition coefficient (Wildman–Crippen LogP) is 2.24. The molecule has 3 rings (SSSR count). The number of hydrogen-bond donors (Lipinski definition) is 2. The summed E-state index contributed by atoms with van der Waals surface area (Å²) in [4.78, 5) is 31.2. The van der Waals surface area contributed by atoms with Gasteiger partial charge in [-0.2, -0.15) is 5.10 Å². The first-order valence-corrected chi connectivity index (χ1v) is 8.24. The first-order chi connectivity index (χ1) is 12.0. The molecule has 0 fully saturated rings. The Balaban J connectivity index is 2.19. The number of amides is 1. The first-order valence-electron chi connectivity index (χ1n) is 7.45. The molecule has 0 aliphatic carbocycles. The van der Waals surface area contributed by atoms with E-state index in [9.17, 15) is 9.59 Å². The summed E-state index contributed by atoms with van der Waals surface area (Å²) in [6.07, 6.45) is 1.52. The monoisotopic (exact) mass is 399 g/mol. The van der Waals surface area contributed by atoms with Gasteiger partial charge in [-0.3, -0.25) is 9.59 Å². The first kappa shape index (κ1) is 17.0. The Kier molecular flexibility index (Phi) is 4.71. The Morgan fingerprint density at radius 1 is 1.24 bits per heavy atom. The van der Waals surface area contributed by atoms with Gasteiger partial charge in [-0.05, 0) is 29.8 Å². The summed E-state index contributed by atoms with van der Waals surface area (Å²) in [5.74, 6) is -0.895. The number of nitrogens with zero attached hydrogens (tertiary/aromatic N) is 3. The largest absolute Gasteiger partial charge is 0.365 e. The number of H-pyrrole nitrogens is 1. The van der Waals surface area contributed by atoms with Crippen molar-refractivity contribution < 1.29 is 4.79 Å². The molecule has 0 aliphatic heterocycles. The summed E-state index contributed by atoms with van der Waals surface area (Å²) in [7, 11) is 0. The average Bonchev–Trinajstić information content (AvgIpc) is 2.61. The number of halogens is 1. The number of rotatable bonds is 4. The van der Waals surface area contributed by atoms with Crippen LogP contribution >= 0.6 is 15.9 Å². The molecule has 1 atom stereocenters. The smallest absolute Gasteiger partial charge is 0.264 e. The van der Waals surface area contributed by atoms with Gasteiger partial charge in [-0.15, -0.1) is 5.10 Å². The molecule has 8 heteroatoms. The van der Waals surface area contributed by atoms with E-state index in [2.05, 4.69) is 36.1 Å². The topological polar surface area (TPSA) is 115 Å². The van der Waals surface area contributed by atoms with Crippen LogP contribution in [0.3, 0.4) is 0 Å². The van der Waals surface area contributed by atoms with E-state index in [1.807, 2.05) is 31.2 Å². The van der Waals surface area contributed by atoms with Crippen LogP contribution in [0.1, 0.15) is 34.5 Å². The molecular weight excluding hydrogens is 386 g/mol. The van der Waals surface area contributed by atoms with Crippen molar-refractivity contribution in [2.24, 2.45) is 5.73 Å². The van der Waals surface area contributed by atoms with Crippen molar-refractivity contribution in [2.75, 3.05) is 0 Å². The van der Waals surface area contributed by atoms with E-state index in [0.29, 0.717) is 11.4 Å². The number of nitrogens with one attached hydrogen (secondary N) is 1. The second-order valence-electron chi connectivity index (χ2n) is 5.42. The van der Waals surface area contributed by atoms with Crippen LogP contribution in [0.5, 0.6) is 0 Å². The second kappa shape index (κ2) is 6.94. The van der Waals surface area contributed by atoms with Gasteiger partial charge in [-0.1, -0.05) is 35.0 Å². The highest BCUT2D eigenvalue weighted by molar-refractivity contribution is 9.10. The van der Waals surface area contributed by atoms with Crippen LogP contribution in [0.4, 0.5) is 0 Å². The molecule has 3 N–H and O–H groups in total. The van der Waals surface area contributed by atoms with Crippen molar-refractivity contribution in [2.45, 2.75) is 12.8 Å². The number of aromatic amines is 1. The van der Waals surface area contributed by atoms with Gasteiger partial charge in [0.25, 0.3) is 11.5 Å². The molecule has 126 valence electrons. The fourth-order valence-corrected chi connectivity index (χ4v) is 2.76. The van der Waals surface area contributed by atoms with Gasteiger partial charge in [0.15, 0.2) is 5.82 Å². The lowest BCUT2D eigenvalue weighted by atomic mass is 9.94. The molecule has 0 aliphatic rings. The summed E-state index contributed by atoms with van der Waals surface area (Å²) >= 11 is 3.38. The van der Waals surface area contributed by atoms with E-state index < -0.39 is 11.5 Å². The van der Waals surface area contributed by atoms with Gasteiger partial charge < -0.3 is 10.7 Å². The van der Waals surface area contributed by atoms with E-state index in [4.69, 9.17) is 5.73 Å². The molecule has 1 amide bonds. The van der Waals surface area contributed by atoms with Crippen molar-refractivity contribution in [1.82, 2.24) is 20.2 Å². The van der Waals surface area contributed by atoms with Gasteiger partial charge in [0, 0.05) is 16.6 Å². The van der Waals surface area contributed by atoms with Gasteiger partial charge in [-0.25, -0.2) is 4.98 Å². The van der Waals surface area contributed by atoms with Crippen LogP contribution in [0.15, 0.2) is 51.9 Å². The minimum atomic E-state index is -0.821. The number of aromatic nitrogens is 4. The van der Waals surface area contributed by atoms with Crippen molar-refractivity contribution in [3.8, 4) is 11.5 Å². The number of benzene rings is 1. The SMILES string of the molecule is C[C@@H](c1ccc(Br)cc1)c1nc(-c2cccnn2)[nH]c(=O)c1C(N)=O. The highest BCUT2D eigenvalue weighted by Gasteiger charge is 2.23. The zero-order valence-electron chi connectivity index (χ0n) is 13.2. The molecule has 3 aromatic rings. The molecule has 25 heavy (non-hydrogen) atoms. The lowest BCUT2D eigenvalue weighted by Crippen LogP contribution is -2.28. The zero-order chi connectivity index (χ0) is 18.0. The van der Waals surface area contributed by atoms with Crippen LogP contribution in [0.2, 0.25) is 0 Å². The number of carbonyl (C=O) groups excluding carboxylic acids is 1. The van der Waals surface area contributed by atoms with Gasteiger partial charge in [0.05, 0.1) is 5.69 Å². The molecule has 2 heterocycles. The van der Waals surface area contributed by atoms with Crippen molar-refractivity contribution >= 4 is 21.8 Å². The number of primary amides is 1. The van der Waals surface area contributed by atoms with Crippen molar-refractivity contribution in [1.29, 1.82) is 0 Å². The van der Waals surface area contributed by atoms with Crippen LogP contribution in [0.25, 0.3) is 11.5 Å². The van der Waals surface area contributed by atoms with Crippen LogP contribution in [0, 0.1) is 0 Å². The highest BCUT2D eigenvalue weighted by atomic mass is 79.9. The van der Waals surface area contributed by atoms with Gasteiger partial charge >= 0.3 is 0 Å². The van der Waals surface area contributed by atoms with Gasteiger partial charge in [0.2, 0.25) is 0 Å². The van der Waals surface area contributed by atoms with Crippen molar-refractivity contribution in [3.63, 3.8) is 0 Å². The summed E-state index contributed by atoms with van der Waals surface area (Å²) in [6.45, 7) is 1.86. The zero-order valence-corrected chi connectivity index (χ0v) is 14.8. The van der Waals surface area contributed by atoms with E-state index in [-0.39, 0.29) is 17.3 Å². The molecular formula is C17H14BrN5O2. The second-order valence-corrected chi connectivity index (χ2v) is 6.34. The quantitative estimate of drug-likeness (QED) is 0.697. The molecule has 0 saturated heterocycles. The van der Waals surface area contributed by atoms with Crippen LogP contribution < -0.4 is 11.3 Å². The maximum atomic E-state index is 12.4. The standard InChI is InChI=1S/C17H14BrN5O2/c1-9(10-4-6-11(18)7-5-10)14-13(15(19)24)17(25)22-16(21-14)12-3-2-8-20-23-12/h2-9H,1H3,(H2,19,24)(H,21,22,25)/t9-/m0/s1.